The third-order valence-electron chi connectivity index (χ3n) is 3.33. The minimum Gasteiger partial charge on any atom is -0.380 e. The molecular weight excluding hydrogens is 214 g/mol. The van der Waals surface area contributed by atoms with Crippen LogP contribution >= 0.6 is 0 Å². The zero-order valence-corrected chi connectivity index (χ0v) is 10.6. The van der Waals surface area contributed by atoms with Crippen molar-refractivity contribution in [2.45, 2.75) is 32.4 Å². The number of ether oxygens (including phenoxy) is 1. The predicted molar refractivity (Wildman–Crippen MR) is 69.1 cm³/mol. The maximum atomic E-state index is 5.78. The predicted octanol–water partition coefficient (Wildman–Crippen LogP) is 1.46. The summed E-state index contributed by atoms with van der Waals surface area (Å²) in [7, 11) is 1.78. The van der Waals surface area contributed by atoms with Crippen LogP contribution in [0, 0.1) is 6.92 Å². The smallest absolute Gasteiger partial charge is 0.133 e. The zero-order chi connectivity index (χ0) is 12.3. The molecule has 0 bridgehead atoms. The Kier molecular flexibility index (Phi) is 3.97. The van der Waals surface area contributed by atoms with Crippen LogP contribution in [0.4, 0.5) is 5.82 Å². The fourth-order valence-corrected chi connectivity index (χ4v) is 2.33. The fraction of sp³-hybridized carbons (Fsp3) is 0.615. The highest BCUT2D eigenvalue weighted by Crippen LogP contribution is 2.23. The van der Waals surface area contributed by atoms with Crippen molar-refractivity contribution >= 4 is 5.82 Å². The summed E-state index contributed by atoms with van der Waals surface area (Å²) in [6.07, 6.45) is 2.60. The number of nitrogens with zero attached hydrogens (tertiary/aromatic N) is 2. The van der Waals surface area contributed by atoms with E-state index in [0.717, 1.165) is 43.0 Å². The minimum atomic E-state index is 0.316. The van der Waals surface area contributed by atoms with Crippen molar-refractivity contribution < 1.29 is 4.74 Å². The van der Waals surface area contributed by atoms with Gasteiger partial charge < -0.3 is 15.4 Å². The van der Waals surface area contributed by atoms with Crippen molar-refractivity contribution in [2.75, 3.05) is 25.1 Å². The molecule has 1 aromatic heterocycles. The van der Waals surface area contributed by atoms with E-state index in [2.05, 4.69) is 16.0 Å². The lowest BCUT2D eigenvalue weighted by Crippen LogP contribution is -2.40. The molecule has 4 heteroatoms. The first-order chi connectivity index (χ1) is 8.24. The molecule has 4 nitrogen and oxygen atoms in total. The third kappa shape index (κ3) is 2.76. The van der Waals surface area contributed by atoms with Crippen molar-refractivity contribution in [1.29, 1.82) is 0 Å². The van der Waals surface area contributed by atoms with Gasteiger partial charge in [0.25, 0.3) is 0 Å². The van der Waals surface area contributed by atoms with Gasteiger partial charge in [0.15, 0.2) is 0 Å². The van der Waals surface area contributed by atoms with Gasteiger partial charge >= 0.3 is 0 Å². The van der Waals surface area contributed by atoms with E-state index in [1.807, 2.05) is 13.0 Å². The number of hydrogen-bond donors (Lipinski definition) is 1. The average molecular weight is 235 g/mol. The highest BCUT2D eigenvalue weighted by Gasteiger charge is 2.22. The van der Waals surface area contributed by atoms with Gasteiger partial charge in [0.05, 0.1) is 6.10 Å². The van der Waals surface area contributed by atoms with E-state index in [1.165, 1.54) is 0 Å². The molecule has 0 radical (unpaired) electrons. The van der Waals surface area contributed by atoms with E-state index >= 15 is 0 Å². The highest BCUT2D eigenvalue weighted by molar-refractivity contribution is 5.48. The number of rotatable bonds is 3. The number of hydrogen-bond acceptors (Lipinski definition) is 4. The molecule has 17 heavy (non-hydrogen) atoms. The number of pyridine rings is 1. The summed E-state index contributed by atoms with van der Waals surface area (Å²) >= 11 is 0. The van der Waals surface area contributed by atoms with Crippen molar-refractivity contribution in [1.82, 2.24) is 4.98 Å². The summed E-state index contributed by atoms with van der Waals surface area (Å²) in [5.41, 5.74) is 7.93. The molecule has 0 aliphatic carbocycles. The Morgan fingerprint density at radius 2 is 2.35 bits per heavy atom. The molecule has 0 amide bonds. The summed E-state index contributed by atoms with van der Waals surface area (Å²) in [5.74, 6) is 1.04. The first kappa shape index (κ1) is 12.3. The third-order valence-corrected chi connectivity index (χ3v) is 3.33. The van der Waals surface area contributed by atoms with Gasteiger partial charge in [0.1, 0.15) is 5.82 Å². The Balaban J connectivity index is 2.22. The molecule has 1 unspecified atom stereocenters. The molecule has 1 atom stereocenters. The lowest BCUT2D eigenvalue weighted by molar-refractivity contribution is 0.0891. The molecule has 0 spiro atoms. The lowest BCUT2D eigenvalue weighted by Gasteiger charge is -2.34. The average Bonchev–Trinajstić information content (AvgIpc) is 2.39. The minimum absolute atomic E-state index is 0.316. The van der Waals surface area contributed by atoms with Crippen molar-refractivity contribution in [2.24, 2.45) is 5.73 Å². The van der Waals surface area contributed by atoms with Crippen LogP contribution in [0.1, 0.15) is 24.1 Å². The van der Waals surface area contributed by atoms with E-state index in [-0.39, 0.29) is 0 Å². The fourth-order valence-electron chi connectivity index (χ4n) is 2.33. The molecule has 1 aliphatic rings. The van der Waals surface area contributed by atoms with Gasteiger partial charge in [-0.3, -0.25) is 0 Å². The Bertz CT molecular complexity index is 381. The van der Waals surface area contributed by atoms with Crippen LogP contribution in [0.2, 0.25) is 0 Å². The first-order valence-corrected chi connectivity index (χ1v) is 6.19. The molecule has 2 N–H and O–H groups in total. The zero-order valence-electron chi connectivity index (χ0n) is 10.6. The molecule has 0 saturated carbocycles. The standard InChI is InChI=1S/C13H21N3O/c1-10-5-6-11(8-14)13(15-10)16-7-3-4-12(9-16)17-2/h5-6,12H,3-4,7-9,14H2,1-2H3. The Hall–Kier alpha value is -1.13. The molecule has 0 aromatic carbocycles. The molecule has 1 fully saturated rings. The molecular formula is C13H21N3O. The molecule has 1 aromatic rings. The van der Waals surface area contributed by atoms with Crippen LogP contribution in [0.3, 0.4) is 0 Å². The van der Waals surface area contributed by atoms with Gasteiger partial charge in [-0.25, -0.2) is 4.98 Å². The van der Waals surface area contributed by atoms with Gasteiger partial charge in [-0.1, -0.05) is 6.07 Å². The number of methoxy groups -OCH3 is 1. The van der Waals surface area contributed by atoms with E-state index in [0.29, 0.717) is 12.6 Å². The van der Waals surface area contributed by atoms with Gasteiger partial charge in [-0.2, -0.15) is 0 Å². The van der Waals surface area contributed by atoms with Crippen LogP contribution in [-0.2, 0) is 11.3 Å². The van der Waals surface area contributed by atoms with Crippen LogP contribution in [0.15, 0.2) is 12.1 Å². The normalized spacial score (nSPS) is 20.6. The summed E-state index contributed by atoms with van der Waals surface area (Å²) in [6.45, 7) is 4.52. The first-order valence-electron chi connectivity index (χ1n) is 6.19. The van der Waals surface area contributed by atoms with Crippen LogP contribution in [0.5, 0.6) is 0 Å². The van der Waals surface area contributed by atoms with Crippen molar-refractivity contribution in [3.8, 4) is 0 Å². The quantitative estimate of drug-likeness (QED) is 0.862. The van der Waals surface area contributed by atoms with E-state index in [1.54, 1.807) is 7.11 Å². The SMILES string of the molecule is COC1CCCN(c2nc(C)ccc2CN)C1. The van der Waals surface area contributed by atoms with Gasteiger partial charge in [0, 0.05) is 38.0 Å². The highest BCUT2D eigenvalue weighted by atomic mass is 16.5. The van der Waals surface area contributed by atoms with Gasteiger partial charge in [-0.05, 0) is 25.8 Å². The van der Waals surface area contributed by atoms with Crippen LogP contribution in [-0.4, -0.2) is 31.3 Å². The number of nitrogens with two attached hydrogens (primary N) is 1. The summed E-state index contributed by atoms with van der Waals surface area (Å²) < 4.78 is 5.45. The number of aryl methyl sites for hydroxylation is 1. The molecule has 2 rings (SSSR count). The summed E-state index contributed by atoms with van der Waals surface area (Å²) in [4.78, 5) is 6.93. The van der Waals surface area contributed by atoms with Crippen LogP contribution < -0.4 is 10.6 Å². The van der Waals surface area contributed by atoms with Crippen molar-refractivity contribution in [3.05, 3.63) is 23.4 Å². The number of aromatic nitrogens is 1. The van der Waals surface area contributed by atoms with Crippen molar-refractivity contribution in [3.63, 3.8) is 0 Å². The second kappa shape index (κ2) is 5.47. The van der Waals surface area contributed by atoms with Gasteiger partial charge in [0.2, 0.25) is 0 Å². The number of piperidine rings is 1. The van der Waals surface area contributed by atoms with E-state index in [9.17, 15) is 0 Å². The lowest BCUT2D eigenvalue weighted by atomic mass is 10.1. The van der Waals surface area contributed by atoms with Crippen LogP contribution in [0.25, 0.3) is 0 Å². The number of anilines is 1. The maximum absolute atomic E-state index is 5.78. The Morgan fingerprint density at radius 3 is 3.06 bits per heavy atom. The van der Waals surface area contributed by atoms with Gasteiger partial charge in [-0.15, -0.1) is 0 Å². The Labute approximate surface area is 103 Å². The summed E-state index contributed by atoms with van der Waals surface area (Å²) in [6, 6.07) is 4.09. The Morgan fingerprint density at radius 1 is 1.53 bits per heavy atom. The maximum Gasteiger partial charge on any atom is 0.133 e. The largest absolute Gasteiger partial charge is 0.380 e. The van der Waals surface area contributed by atoms with E-state index < -0.39 is 0 Å². The monoisotopic (exact) mass is 235 g/mol. The second-order valence-corrected chi connectivity index (χ2v) is 4.59. The van der Waals surface area contributed by atoms with E-state index in [4.69, 9.17) is 10.5 Å². The molecule has 2 heterocycles. The second-order valence-electron chi connectivity index (χ2n) is 4.59. The molecule has 1 saturated heterocycles. The summed E-state index contributed by atoms with van der Waals surface area (Å²) in [5, 5.41) is 0. The molecule has 1 aliphatic heterocycles. The topological polar surface area (TPSA) is 51.4 Å². The molecule has 94 valence electrons.